The van der Waals surface area contributed by atoms with Crippen molar-refractivity contribution in [3.63, 3.8) is 0 Å². The molecule has 1 heterocycles. The first-order valence-electron chi connectivity index (χ1n) is 14.6. The van der Waals surface area contributed by atoms with Gasteiger partial charge in [-0.1, -0.05) is 72.3 Å². The van der Waals surface area contributed by atoms with Gasteiger partial charge in [-0.3, -0.25) is 4.79 Å². The smallest absolute Gasteiger partial charge is 0.266 e. The topological polar surface area (TPSA) is 144 Å². The van der Waals surface area contributed by atoms with Crippen LogP contribution in [0.3, 0.4) is 0 Å². The van der Waals surface area contributed by atoms with E-state index in [9.17, 15) is 18.5 Å². The summed E-state index contributed by atoms with van der Waals surface area (Å²) in [5.74, 6) is 0.405. The number of rotatable bonds is 12. The minimum atomic E-state index is -4.28. The van der Waals surface area contributed by atoms with Crippen molar-refractivity contribution in [1.82, 2.24) is 15.0 Å². The van der Waals surface area contributed by atoms with Gasteiger partial charge in [0.2, 0.25) is 5.91 Å². The lowest BCUT2D eigenvalue weighted by atomic mass is 10.0. The molecule has 5 aromatic carbocycles. The van der Waals surface area contributed by atoms with Crippen LogP contribution in [0.5, 0.6) is 11.5 Å². The highest BCUT2D eigenvalue weighted by Gasteiger charge is 2.24. The molecule has 1 aromatic heterocycles. The highest BCUT2D eigenvalue weighted by Crippen LogP contribution is 2.27. The molecule has 0 aliphatic rings. The Balaban J connectivity index is 1.16. The van der Waals surface area contributed by atoms with Crippen molar-refractivity contribution in [2.75, 3.05) is 6.61 Å². The average Bonchev–Trinajstić information content (AvgIpc) is 3.58. The monoisotopic (exact) mass is 666 g/mol. The van der Waals surface area contributed by atoms with Gasteiger partial charge in [-0.05, 0) is 80.6 Å². The van der Waals surface area contributed by atoms with E-state index >= 15 is 0 Å². The molecule has 0 aliphatic carbocycles. The molecule has 1 N–H and O–H groups in total. The maximum absolute atomic E-state index is 13.0. The van der Waals surface area contributed by atoms with Crippen molar-refractivity contribution < 1.29 is 27.3 Å². The van der Waals surface area contributed by atoms with Crippen LogP contribution in [0, 0.1) is 11.3 Å². The zero-order chi connectivity index (χ0) is 32.8. The van der Waals surface area contributed by atoms with Gasteiger partial charge in [0.1, 0.15) is 23.0 Å². The molecule has 6 aromatic rings. The molecule has 10 nitrogen and oxygen atoms in total. The number of sulfonamides is 1. The highest BCUT2D eigenvalue weighted by atomic mass is 35.5. The SMILES string of the molecule is N#Cc1cccc(OCc2ccc(CCC(=O)NS(=O)(=O)c3ccc(Cl)c4nonc34)c(OCCc3ccc4ccccc4c3)c2)c1. The summed E-state index contributed by atoms with van der Waals surface area (Å²) in [4.78, 5) is 12.6. The van der Waals surface area contributed by atoms with Crippen LogP contribution < -0.4 is 14.2 Å². The largest absolute Gasteiger partial charge is 0.493 e. The fourth-order valence-corrected chi connectivity index (χ4v) is 6.39. The number of ether oxygens (including phenoxy) is 2. The molecule has 0 unspecified atom stereocenters. The van der Waals surface area contributed by atoms with Crippen LogP contribution in [-0.2, 0) is 34.3 Å². The second-order valence-corrected chi connectivity index (χ2v) is 12.7. The number of hydrogen-bond donors (Lipinski definition) is 1. The van der Waals surface area contributed by atoms with E-state index in [4.69, 9.17) is 21.1 Å². The predicted molar refractivity (Wildman–Crippen MR) is 176 cm³/mol. The van der Waals surface area contributed by atoms with Crippen LogP contribution in [0.15, 0.2) is 107 Å². The standard InChI is InChI=1S/C35H27ClN4O6S/c36-30-13-14-32(35-34(30)38-46-39-35)47(42,43)40-33(41)15-12-27-11-9-25(22-45-29-7-3-4-24(19-29)21-37)20-31(27)44-17-16-23-8-10-26-5-1-2-6-28(26)18-23/h1-11,13-14,18-20H,12,15-17,22H2,(H,40,41). The number of aryl methyl sites for hydroxylation is 1. The Bertz CT molecular complexity index is 2250. The quantitative estimate of drug-likeness (QED) is 0.154. The first kappa shape index (κ1) is 31.5. The average molecular weight is 667 g/mol. The summed E-state index contributed by atoms with van der Waals surface area (Å²) < 4.78 is 45.0. The summed E-state index contributed by atoms with van der Waals surface area (Å²) in [7, 11) is -4.28. The Hall–Kier alpha value is -5.44. The first-order chi connectivity index (χ1) is 22.8. The van der Waals surface area contributed by atoms with Gasteiger partial charge in [0.05, 0.1) is 23.3 Å². The number of benzene rings is 5. The van der Waals surface area contributed by atoms with Crippen LogP contribution in [0.2, 0.25) is 5.02 Å². The number of carbonyl (C=O) groups is 1. The second kappa shape index (κ2) is 13.9. The van der Waals surface area contributed by atoms with E-state index in [1.165, 1.54) is 12.1 Å². The van der Waals surface area contributed by atoms with Crippen molar-refractivity contribution in [2.24, 2.45) is 0 Å². The first-order valence-corrected chi connectivity index (χ1v) is 16.5. The van der Waals surface area contributed by atoms with E-state index in [0.717, 1.165) is 27.5 Å². The molecule has 0 radical (unpaired) electrons. The maximum atomic E-state index is 13.0. The lowest BCUT2D eigenvalue weighted by Gasteiger charge is -2.15. The molecular weight excluding hydrogens is 640 g/mol. The molecule has 12 heteroatoms. The van der Waals surface area contributed by atoms with Crippen molar-refractivity contribution in [1.29, 1.82) is 5.26 Å². The number of amides is 1. The van der Waals surface area contributed by atoms with Crippen LogP contribution >= 0.6 is 11.6 Å². The number of nitrogens with one attached hydrogen (secondary N) is 1. The van der Waals surface area contributed by atoms with Crippen molar-refractivity contribution in [2.45, 2.75) is 30.8 Å². The lowest BCUT2D eigenvalue weighted by molar-refractivity contribution is -0.119. The summed E-state index contributed by atoms with van der Waals surface area (Å²) in [5, 5.41) is 18.9. The van der Waals surface area contributed by atoms with Gasteiger partial charge in [0.15, 0.2) is 11.0 Å². The van der Waals surface area contributed by atoms with Gasteiger partial charge < -0.3 is 9.47 Å². The Morgan fingerprint density at radius 1 is 0.851 bits per heavy atom. The van der Waals surface area contributed by atoms with Crippen LogP contribution in [-0.4, -0.2) is 31.2 Å². The summed E-state index contributed by atoms with van der Waals surface area (Å²) in [6.07, 6.45) is 0.724. The third-order valence-corrected chi connectivity index (χ3v) is 9.16. The van der Waals surface area contributed by atoms with Crippen LogP contribution in [0.4, 0.5) is 0 Å². The highest BCUT2D eigenvalue weighted by molar-refractivity contribution is 7.90. The molecule has 0 saturated carbocycles. The minimum Gasteiger partial charge on any atom is -0.493 e. The van der Waals surface area contributed by atoms with E-state index in [0.29, 0.717) is 30.1 Å². The number of halogens is 1. The number of nitriles is 1. The van der Waals surface area contributed by atoms with Gasteiger partial charge in [0.25, 0.3) is 10.0 Å². The molecule has 0 atom stereocenters. The van der Waals surface area contributed by atoms with E-state index < -0.39 is 15.9 Å². The third kappa shape index (κ3) is 7.52. The number of nitrogens with zero attached hydrogens (tertiary/aromatic N) is 3. The second-order valence-electron chi connectivity index (χ2n) is 10.7. The molecule has 6 rings (SSSR count). The minimum absolute atomic E-state index is 0.0722. The van der Waals surface area contributed by atoms with Crippen LogP contribution in [0.1, 0.15) is 28.7 Å². The molecule has 0 saturated heterocycles. The molecule has 236 valence electrons. The zero-order valence-corrected chi connectivity index (χ0v) is 26.4. The van der Waals surface area contributed by atoms with E-state index in [-0.39, 0.29) is 40.4 Å². The number of fused-ring (bicyclic) bond motifs is 2. The molecule has 1 amide bonds. The molecule has 0 bridgehead atoms. The van der Waals surface area contributed by atoms with Crippen LogP contribution in [0.25, 0.3) is 21.8 Å². The van der Waals surface area contributed by atoms with Gasteiger partial charge in [-0.2, -0.15) is 5.26 Å². The predicted octanol–water partition coefficient (Wildman–Crippen LogP) is 6.54. The Labute approximate surface area is 275 Å². The van der Waals surface area contributed by atoms with E-state index in [1.807, 2.05) is 30.3 Å². The lowest BCUT2D eigenvalue weighted by Crippen LogP contribution is -2.31. The molecule has 0 fully saturated rings. The van der Waals surface area contributed by atoms with E-state index in [2.05, 4.69) is 56.1 Å². The fraction of sp³-hybridized carbons (Fsp3) is 0.143. The molecule has 47 heavy (non-hydrogen) atoms. The van der Waals surface area contributed by atoms with Crippen molar-refractivity contribution >= 4 is 49.3 Å². The molecule has 0 aliphatic heterocycles. The maximum Gasteiger partial charge on any atom is 0.266 e. The third-order valence-electron chi connectivity index (χ3n) is 7.45. The van der Waals surface area contributed by atoms with Crippen molar-refractivity contribution in [3.05, 3.63) is 124 Å². The van der Waals surface area contributed by atoms with Gasteiger partial charge >= 0.3 is 0 Å². The fourth-order valence-electron chi connectivity index (χ4n) is 5.06. The van der Waals surface area contributed by atoms with E-state index in [1.54, 1.807) is 24.3 Å². The number of aromatic nitrogens is 2. The van der Waals surface area contributed by atoms with Crippen molar-refractivity contribution in [3.8, 4) is 17.6 Å². The summed E-state index contributed by atoms with van der Waals surface area (Å²) in [5.41, 5.74) is 3.16. The van der Waals surface area contributed by atoms with Gasteiger partial charge in [0, 0.05) is 12.8 Å². The Kier molecular flexibility index (Phi) is 9.33. The zero-order valence-electron chi connectivity index (χ0n) is 24.9. The summed E-state index contributed by atoms with van der Waals surface area (Å²) >= 11 is 6.05. The normalized spacial score (nSPS) is 11.3. The molecular formula is C35H27ClN4O6S. The summed E-state index contributed by atoms with van der Waals surface area (Å²) in [6, 6.07) is 31.5. The van der Waals surface area contributed by atoms with Gasteiger partial charge in [-0.25, -0.2) is 17.8 Å². The Morgan fingerprint density at radius 3 is 2.51 bits per heavy atom. The number of carbonyl (C=O) groups excluding carboxylic acids is 1. The number of hydrogen-bond acceptors (Lipinski definition) is 9. The van der Waals surface area contributed by atoms with Gasteiger partial charge in [-0.15, -0.1) is 0 Å². The summed E-state index contributed by atoms with van der Waals surface area (Å²) in [6.45, 7) is 0.597. The molecule has 0 spiro atoms. The Morgan fingerprint density at radius 2 is 1.66 bits per heavy atom.